The Labute approximate surface area is 210 Å². The number of thiazole rings is 1. The van der Waals surface area contributed by atoms with E-state index < -0.39 is 33.1 Å². The highest BCUT2D eigenvalue weighted by Gasteiger charge is 2.27. The van der Waals surface area contributed by atoms with Crippen LogP contribution in [0, 0.1) is 0 Å². The summed E-state index contributed by atoms with van der Waals surface area (Å²) < 4.78 is 37.7. The highest BCUT2D eigenvalue weighted by Crippen LogP contribution is 2.32. The molecule has 35 heavy (non-hydrogen) atoms. The van der Waals surface area contributed by atoms with Gasteiger partial charge in [-0.05, 0) is 72.6 Å². The van der Waals surface area contributed by atoms with E-state index >= 15 is 0 Å². The summed E-state index contributed by atoms with van der Waals surface area (Å²) in [5, 5.41) is 2.99. The zero-order valence-corrected chi connectivity index (χ0v) is 22.6. The second-order valence-corrected chi connectivity index (χ2v) is 13.6. The van der Waals surface area contributed by atoms with Crippen LogP contribution in [0.25, 0.3) is 0 Å². The number of sulfone groups is 1. The first kappa shape index (κ1) is 26.9. The highest BCUT2D eigenvalue weighted by molar-refractivity contribution is 7.93. The van der Waals surface area contributed by atoms with E-state index in [1.807, 2.05) is 0 Å². The molecule has 1 aliphatic heterocycles. The van der Waals surface area contributed by atoms with Crippen molar-refractivity contribution in [1.29, 1.82) is 0 Å². The smallest absolute Gasteiger partial charge is 0.408 e. The monoisotopic (exact) mass is 523 g/mol. The molecule has 0 aliphatic carbocycles. The summed E-state index contributed by atoms with van der Waals surface area (Å²) in [7, 11) is -3.96. The van der Waals surface area contributed by atoms with Gasteiger partial charge in [-0.3, -0.25) is 0 Å². The molecule has 3 rings (SSSR count). The van der Waals surface area contributed by atoms with Crippen molar-refractivity contribution in [3.8, 4) is 0 Å². The van der Waals surface area contributed by atoms with Gasteiger partial charge in [0.05, 0.1) is 23.2 Å². The normalized spacial score (nSPS) is 14.6. The van der Waals surface area contributed by atoms with Crippen LogP contribution in [0.1, 0.15) is 69.7 Å². The van der Waals surface area contributed by atoms with Gasteiger partial charge in [0.2, 0.25) is 9.84 Å². The SMILES string of the molecule is CC(C)(C)OC(=O)NCc1ncc(S(=O)(=O)c2cc(C(=O)OC(C)(C)C)cc(N3CCCC3)c2)s1. The molecular weight excluding hydrogens is 490 g/mol. The maximum absolute atomic E-state index is 13.5. The topological polar surface area (TPSA) is 115 Å². The van der Waals surface area contributed by atoms with Gasteiger partial charge in [0, 0.05) is 18.8 Å². The standard InChI is InChI=1S/C24H33N3O6S2/c1-23(2,3)32-21(28)16-11-17(27-9-7-8-10-27)13-18(12-16)35(30,31)20-15-25-19(34-20)14-26-22(29)33-24(4,5)6/h11-13,15H,7-10,14H2,1-6H3,(H,26,29). The third-order valence-electron chi connectivity index (χ3n) is 4.89. The maximum Gasteiger partial charge on any atom is 0.408 e. The molecule has 0 spiro atoms. The minimum atomic E-state index is -3.96. The lowest BCUT2D eigenvalue weighted by Gasteiger charge is -2.22. The first-order valence-corrected chi connectivity index (χ1v) is 13.7. The summed E-state index contributed by atoms with van der Waals surface area (Å²) in [6.07, 6.45) is 2.66. The Kier molecular flexibility index (Phi) is 7.80. The van der Waals surface area contributed by atoms with Crippen molar-refractivity contribution in [1.82, 2.24) is 10.3 Å². The second kappa shape index (κ2) is 10.1. The quantitative estimate of drug-likeness (QED) is 0.548. The number of anilines is 1. The van der Waals surface area contributed by atoms with E-state index in [1.165, 1.54) is 12.3 Å². The van der Waals surface area contributed by atoms with Crippen LogP contribution in [0.3, 0.4) is 0 Å². The van der Waals surface area contributed by atoms with E-state index in [0.717, 1.165) is 37.3 Å². The zero-order chi connectivity index (χ0) is 26.0. The number of benzene rings is 1. The number of ether oxygens (including phenoxy) is 2. The molecule has 1 amide bonds. The molecule has 1 aromatic heterocycles. The van der Waals surface area contributed by atoms with Crippen LogP contribution in [0.4, 0.5) is 10.5 Å². The number of amides is 1. The first-order chi connectivity index (χ1) is 16.1. The summed E-state index contributed by atoms with van der Waals surface area (Å²) in [4.78, 5) is 30.9. The minimum Gasteiger partial charge on any atom is -0.456 e. The van der Waals surface area contributed by atoms with Crippen LogP contribution in [0.5, 0.6) is 0 Å². The molecule has 192 valence electrons. The molecule has 1 saturated heterocycles. The Balaban J connectivity index is 1.88. The van der Waals surface area contributed by atoms with Gasteiger partial charge < -0.3 is 19.7 Å². The van der Waals surface area contributed by atoms with Gasteiger partial charge in [0.25, 0.3) is 0 Å². The summed E-state index contributed by atoms with van der Waals surface area (Å²) >= 11 is 0.958. The van der Waals surface area contributed by atoms with Crippen LogP contribution in [-0.4, -0.2) is 49.8 Å². The lowest BCUT2D eigenvalue weighted by molar-refractivity contribution is 0.00689. The summed E-state index contributed by atoms with van der Waals surface area (Å²) in [5.41, 5.74) is -0.513. The number of carbonyl (C=O) groups excluding carboxylic acids is 2. The lowest BCUT2D eigenvalue weighted by atomic mass is 10.1. The molecule has 1 aliphatic rings. The Morgan fingerprint density at radius 3 is 2.26 bits per heavy atom. The van der Waals surface area contributed by atoms with Crippen molar-refractivity contribution >= 4 is 38.9 Å². The van der Waals surface area contributed by atoms with Gasteiger partial charge in [0.15, 0.2) is 0 Å². The fraction of sp³-hybridized carbons (Fsp3) is 0.542. The van der Waals surface area contributed by atoms with Crippen molar-refractivity contribution in [2.45, 2.75) is 81.2 Å². The number of aromatic nitrogens is 1. The number of nitrogens with zero attached hydrogens (tertiary/aromatic N) is 2. The number of alkyl carbamates (subject to hydrolysis) is 1. The average Bonchev–Trinajstić information content (AvgIpc) is 3.42. The van der Waals surface area contributed by atoms with Crippen LogP contribution in [0.15, 0.2) is 33.5 Å². The van der Waals surface area contributed by atoms with E-state index in [2.05, 4.69) is 15.2 Å². The number of carbonyl (C=O) groups is 2. The van der Waals surface area contributed by atoms with Crippen molar-refractivity contribution in [2.24, 2.45) is 0 Å². The van der Waals surface area contributed by atoms with Crippen molar-refractivity contribution in [3.63, 3.8) is 0 Å². The molecule has 2 heterocycles. The Morgan fingerprint density at radius 2 is 1.66 bits per heavy atom. The Morgan fingerprint density at radius 1 is 1.03 bits per heavy atom. The molecule has 0 bridgehead atoms. The van der Waals surface area contributed by atoms with Crippen molar-refractivity contribution in [3.05, 3.63) is 35.0 Å². The predicted octanol–water partition coefficient (Wildman–Crippen LogP) is 4.56. The first-order valence-electron chi connectivity index (χ1n) is 11.4. The third kappa shape index (κ3) is 7.41. The number of hydrogen-bond acceptors (Lipinski definition) is 9. The molecule has 9 nitrogen and oxygen atoms in total. The maximum atomic E-state index is 13.5. The summed E-state index contributed by atoms with van der Waals surface area (Å²) in [5.74, 6) is -0.582. The van der Waals surface area contributed by atoms with Gasteiger partial charge in [0.1, 0.15) is 20.4 Å². The molecule has 1 fully saturated rings. The Bertz CT molecular complexity index is 1190. The molecule has 1 aromatic carbocycles. The van der Waals surface area contributed by atoms with E-state index in [9.17, 15) is 18.0 Å². The molecule has 2 aromatic rings. The number of rotatable bonds is 6. The van der Waals surface area contributed by atoms with Crippen LogP contribution in [-0.2, 0) is 25.9 Å². The van der Waals surface area contributed by atoms with E-state index in [1.54, 1.807) is 53.7 Å². The molecule has 0 atom stereocenters. The van der Waals surface area contributed by atoms with Crippen LogP contribution in [0.2, 0.25) is 0 Å². The van der Waals surface area contributed by atoms with Gasteiger partial charge in [-0.1, -0.05) is 0 Å². The summed E-state index contributed by atoms with van der Waals surface area (Å²) in [6, 6.07) is 4.62. The molecule has 0 radical (unpaired) electrons. The fourth-order valence-corrected chi connectivity index (χ4v) is 6.01. The zero-order valence-electron chi connectivity index (χ0n) is 21.0. The van der Waals surface area contributed by atoms with Crippen LogP contribution >= 0.6 is 11.3 Å². The van der Waals surface area contributed by atoms with Crippen molar-refractivity contribution in [2.75, 3.05) is 18.0 Å². The lowest BCUT2D eigenvalue weighted by Crippen LogP contribution is -2.32. The van der Waals surface area contributed by atoms with E-state index in [4.69, 9.17) is 9.47 Å². The van der Waals surface area contributed by atoms with Gasteiger partial charge in [-0.15, -0.1) is 11.3 Å². The third-order valence-corrected chi connectivity index (χ3v) is 8.08. The molecule has 0 unspecified atom stereocenters. The predicted molar refractivity (Wildman–Crippen MR) is 134 cm³/mol. The van der Waals surface area contributed by atoms with E-state index in [-0.39, 0.29) is 21.2 Å². The van der Waals surface area contributed by atoms with Gasteiger partial charge in [-0.25, -0.2) is 23.0 Å². The largest absolute Gasteiger partial charge is 0.456 e. The second-order valence-electron chi connectivity index (χ2n) is 10.3. The van der Waals surface area contributed by atoms with Gasteiger partial charge >= 0.3 is 12.1 Å². The van der Waals surface area contributed by atoms with Crippen molar-refractivity contribution < 1.29 is 27.5 Å². The molecule has 0 saturated carbocycles. The molecular formula is C24H33N3O6S2. The number of esters is 1. The average molecular weight is 524 g/mol. The Hall–Kier alpha value is -2.66. The van der Waals surface area contributed by atoms with Gasteiger partial charge in [-0.2, -0.15) is 0 Å². The molecule has 1 N–H and O–H groups in total. The van der Waals surface area contributed by atoms with E-state index in [0.29, 0.717) is 10.7 Å². The summed E-state index contributed by atoms with van der Waals surface area (Å²) in [6.45, 7) is 12.2. The fourth-order valence-electron chi connectivity index (χ4n) is 3.43. The highest BCUT2D eigenvalue weighted by atomic mass is 32.2. The minimum absolute atomic E-state index is 0.00180. The number of hydrogen-bond donors (Lipinski definition) is 1. The van der Waals surface area contributed by atoms with Crippen LogP contribution < -0.4 is 10.2 Å². The molecule has 11 heteroatoms. The number of nitrogens with one attached hydrogen (secondary N) is 1.